The Morgan fingerprint density at radius 3 is 2.51 bits per heavy atom. The minimum Gasteiger partial charge on any atom is -0.489 e. The van der Waals surface area contributed by atoms with Gasteiger partial charge < -0.3 is 9.64 Å². The van der Waals surface area contributed by atoms with Crippen molar-refractivity contribution in [2.45, 2.75) is 32.8 Å². The predicted molar refractivity (Wildman–Crippen MR) is 140 cm³/mol. The number of carbonyl (C=O) groups is 1. The van der Waals surface area contributed by atoms with E-state index in [1.165, 1.54) is 11.1 Å². The van der Waals surface area contributed by atoms with E-state index in [0.29, 0.717) is 24.7 Å². The van der Waals surface area contributed by atoms with Crippen LogP contribution in [0.3, 0.4) is 0 Å². The minimum absolute atomic E-state index is 0.0504. The van der Waals surface area contributed by atoms with E-state index in [1.54, 1.807) is 16.7 Å². The molecule has 0 bridgehead atoms. The Morgan fingerprint density at radius 2 is 1.80 bits per heavy atom. The Balaban J connectivity index is 1.33. The highest BCUT2D eigenvalue weighted by Crippen LogP contribution is 2.43. The van der Waals surface area contributed by atoms with E-state index < -0.39 is 0 Å². The van der Waals surface area contributed by atoms with Crippen LogP contribution in [0.5, 0.6) is 5.75 Å². The van der Waals surface area contributed by atoms with Crippen LogP contribution in [0.1, 0.15) is 34.6 Å². The largest absolute Gasteiger partial charge is 0.489 e. The fraction of sp³-hybridized carbons (Fsp3) is 0.241. The van der Waals surface area contributed by atoms with Crippen molar-refractivity contribution in [1.29, 1.82) is 5.26 Å². The first kappa shape index (κ1) is 23.1. The lowest BCUT2D eigenvalue weighted by Gasteiger charge is -2.42. The van der Waals surface area contributed by atoms with Crippen molar-refractivity contribution in [2.24, 2.45) is 0 Å². The standard InChI is InChI=1S/C29H27N3O2S/c1-20-8-11-24(14-21(20)2)31-18-32-28(33)15-26(27(16-30)29(32)35-19-31)23-9-12-25(13-10-23)34-17-22-6-4-3-5-7-22/h3-14,26H,15,17-19H2,1-2H3. The first-order chi connectivity index (χ1) is 17.0. The van der Waals surface area contributed by atoms with E-state index >= 15 is 0 Å². The molecule has 176 valence electrons. The Kier molecular flexibility index (Phi) is 6.52. The molecular weight excluding hydrogens is 454 g/mol. The Hall–Kier alpha value is -3.69. The molecule has 3 aromatic carbocycles. The van der Waals surface area contributed by atoms with E-state index in [1.807, 2.05) is 54.6 Å². The zero-order valence-electron chi connectivity index (χ0n) is 19.9. The number of allylic oxidation sites excluding steroid dienone is 1. The molecule has 3 aromatic rings. The number of anilines is 1. The van der Waals surface area contributed by atoms with Crippen LogP contribution in [0.2, 0.25) is 0 Å². The van der Waals surface area contributed by atoms with Gasteiger partial charge in [-0.25, -0.2) is 0 Å². The molecule has 5 nitrogen and oxygen atoms in total. The maximum Gasteiger partial charge on any atom is 0.229 e. The normalized spacial score (nSPS) is 17.7. The molecule has 1 saturated heterocycles. The zero-order valence-corrected chi connectivity index (χ0v) is 20.7. The van der Waals surface area contributed by atoms with Gasteiger partial charge in [-0.05, 0) is 60.4 Å². The van der Waals surface area contributed by atoms with Crippen molar-refractivity contribution in [3.05, 3.63) is 106 Å². The van der Waals surface area contributed by atoms with Crippen molar-refractivity contribution >= 4 is 23.4 Å². The summed E-state index contributed by atoms with van der Waals surface area (Å²) in [7, 11) is 0. The molecule has 1 unspecified atom stereocenters. The first-order valence-corrected chi connectivity index (χ1v) is 12.7. The lowest BCUT2D eigenvalue weighted by molar-refractivity contribution is -0.129. The van der Waals surface area contributed by atoms with Crippen LogP contribution in [0.15, 0.2) is 83.4 Å². The van der Waals surface area contributed by atoms with E-state index in [2.05, 4.69) is 43.0 Å². The van der Waals surface area contributed by atoms with Crippen molar-refractivity contribution in [3.63, 3.8) is 0 Å². The SMILES string of the molecule is Cc1ccc(N2CSC3=C(C#N)C(c4ccc(OCc5ccccc5)cc4)CC(=O)N3C2)cc1C. The number of nitriles is 1. The van der Waals surface area contributed by atoms with Gasteiger partial charge in [0.2, 0.25) is 5.91 Å². The van der Waals surface area contributed by atoms with Gasteiger partial charge in [0.25, 0.3) is 0 Å². The lowest BCUT2D eigenvalue weighted by atomic mass is 9.86. The van der Waals surface area contributed by atoms with Crippen LogP contribution in [0.25, 0.3) is 0 Å². The average molecular weight is 482 g/mol. The maximum atomic E-state index is 13.2. The van der Waals surface area contributed by atoms with Crippen LogP contribution >= 0.6 is 11.8 Å². The number of benzene rings is 3. The van der Waals surface area contributed by atoms with Crippen LogP contribution in [0, 0.1) is 25.2 Å². The van der Waals surface area contributed by atoms with E-state index in [0.717, 1.165) is 27.6 Å². The molecule has 0 aliphatic carbocycles. The summed E-state index contributed by atoms with van der Waals surface area (Å²) in [6, 6.07) is 26.6. The van der Waals surface area contributed by atoms with Gasteiger partial charge in [-0.2, -0.15) is 5.26 Å². The monoisotopic (exact) mass is 481 g/mol. The predicted octanol–water partition coefficient (Wildman–Crippen LogP) is 6.10. The van der Waals surface area contributed by atoms with Gasteiger partial charge in [-0.3, -0.25) is 9.69 Å². The summed E-state index contributed by atoms with van der Waals surface area (Å²) < 4.78 is 5.90. The number of rotatable bonds is 5. The van der Waals surface area contributed by atoms with Gasteiger partial charge in [0, 0.05) is 18.0 Å². The smallest absolute Gasteiger partial charge is 0.229 e. The Bertz CT molecular complexity index is 1310. The summed E-state index contributed by atoms with van der Waals surface area (Å²) in [4.78, 5) is 17.2. The average Bonchev–Trinajstić information content (AvgIpc) is 2.90. The molecule has 1 amide bonds. The summed E-state index contributed by atoms with van der Waals surface area (Å²) in [5.74, 6) is 1.28. The molecule has 1 fully saturated rings. The van der Waals surface area contributed by atoms with Crippen molar-refractivity contribution in [3.8, 4) is 11.8 Å². The topological polar surface area (TPSA) is 56.6 Å². The summed E-state index contributed by atoms with van der Waals surface area (Å²) in [6.45, 7) is 5.16. The second-order valence-electron chi connectivity index (χ2n) is 8.98. The fourth-order valence-electron chi connectivity index (χ4n) is 4.47. The second-order valence-corrected chi connectivity index (χ2v) is 9.91. The van der Waals surface area contributed by atoms with Gasteiger partial charge in [-0.1, -0.05) is 60.3 Å². The van der Waals surface area contributed by atoms with Crippen molar-refractivity contribution in [2.75, 3.05) is 17.4 Å². The molecule has 2 heterocycles. The van der Waals surface area contributed by atoms with Crippen LogP contribution in [-0.4, -0.2) is 23.4 Å². The highest BCUT2D eigenvalue weighted by molar-refractivity contribution is 8.03. The number of amides is 1. The minimum atomic E-state index is -0.234. The lowest BCUT2D eigenvalue weighted by Crippen LogP contribution is -2.47. The number of thioether (sulfide) groups is 1. The molecule has 5 rings (SSSR count). The third-order valence-corrected chi connectivity index (χ3v) is 7.83. The van der Waals surface area contributed by atoms with Gasteiger partial charge in [0.15, 0.2) is 0 Å². The van der Waals surface area contributed by atoms with Crippen LogP contribution in [-0.2, 0) is 11.4 Å². The number of ether oxygens (including phenoxy) is 1. The quantitative estimate of drug-likeness (QED) is 0.441. The number of hydrogen-bond donors (Lipinski definition) is 0. The number of hydrogen-bond acceptors (Lipinski definition) is 5. The number of fused-ring (bicyclic) bond motifs is 1. The molecule has 0 saturated carbocycles. The highest BCUT2D eigenvalue weighted by atomic mass is 32.2. The van der Waals surface area contributed by atoms with E-state index in [4.69, 9.17) is 4.74 Å². The first-order valence-electron chi connectivity index (χ1n) is 11.7. The summed E-state index contributed by atoms with van der Waals surface area (Å²) in [6.07, 6.45) is 0.290. The summed E-state index contributed by atoms with van der Waals surface area (Å²) in [5, 5.41) is 10.9. The zero-order chi connectivity index (χ0) is 24.4. The van der Waals surface area contributed by atoms with Gasteiger partial charge >= 0.3 is 0 Å². The van der Waals surface area contributed by atoms with Gasteiger partial charge in [0.1, 0.15) is 12.4 Å². The highest BCUT2D eigenvalue weighted by Gasteiger charge is 2.38. The molecule has 0 radical (unpaired) electrons. The van der Waals surface area contributed by atoms with Crippen molar-refractivity contribution < 1.29 is 9.53 Å². The molecule has 0 aromatic heterocycles. The number of aryl methyl sites for hydroxylation is 2. The van der Waals surface area contributed by atoms with Crippen LogP contribution in [0.4, 0.5) is 5.69 Å². The van der Waals surface area contributed by atoms with E-state index in [-0.39, 0.29) is 18.2 Å². The van der Waals surface area contributed by atoms with Gasteiger partial charge in [-0.15, -0.1) is 0 Å². The van der Waals surface area contributed by atoms with Crippen molar-refractivity contribution in [1.82, 2.24) is 4.90 Å². The van der Waals surface area contributed by atoms with E-state index in [9.17, 15) is 10.1 Å². The molecule has 35 heavy (non-hydrogen) atoms. The number of carbonyl (C=O) groups excluding carboxylic acids is 1. The van der Waals surface area contributed by atoms with Crippen LogP contribution < -0.4 is 9.64 Å². The Morgan fingerprint density at radius 1 is 1.03 bits per heavy atom. The molecule has 2 aliphatic heterocycles. The number of nitrogens with zero attached hydrogens (tertiary/aromatic N) is 3. The van der Waals surface area contributed by atoms with Gasteiger partial charge in [0.05, 0.1) is 29.2 Å². The Labute approximate surface area is 210 Å². The molecule has 0 spiro atoms. The third-order valence-electron chi connectivity index (χ3n) is 6.68. The summed E-state index contributed by atoms with van der Waals surface area (Å²) in [5.41, 5.74) is 6.32. The fourth-order valence-corrected chi connectivity index (χ4v) is 5.64. The molecule has 2 aliphatic rings. The maximum absolute atomic E-state index is 13.2. The third kappa shape index (κ3) is 4.78. The molecular formula is C29H27N3O2S. The molecule has 0 N–H and O–H groups in total. The molecule has 1 atom stereocenters. The molecule has 6 heteroatoms. The second kappa shape index (κ2) is 9.89. The summed E-state index contributed by atoms with van der Waals surface area (Å²) >= 11 is 1.57.